The number of aromatic nitrogens is 3. The molecule has 88 heavy (non-hydrogen) atoms. The number of hydrogen-bond donors (Lipinski definition) is 6. The van der Waals surface area contributed by atoms with Gasteiger partial charge in [-0.1, -0.05) is 107 Å². The fourth-order valence-corrected chi connectivity index (χ4v) is 10.7. The largest absolute Gasteiger partial charge is 0.385 e. The molecule has 0 radical (unpaired) electrons. The van der Waals surface area contributed by atoms with Crippen LogP contribution in [0.2, 0.25) is 0 Å². The number of Topliss-reactive ketones (excluding diaryl/α,β-unsaturated/α-hetero) is 1. The maximum absolute atomic E-state index is 14.6. The molecular weight excluding hydrogens is 1150 g/mol. The summed E-state index contributed by atoms with van der Waals surface area (Å²) in [5, 5.41) is 34.1. The van der Waals surface area contributed by atoms with Gasteiger partial charge in [0.2, 0.25) is 23.6 Å². The van der Waals surface area contributed by atoms with E-state index in [2.05, 4.69) is 43.8 Å². The maximum Gasteiger partial charge on any atom is 0.297 e. The number of ketones is 1. The van der Waals surface area contributed by atoms with E-state index in [1.807, 2.05) is 69.9 Å². The van der Waals surface area contributed by atoms with E-state index < -0.39 is 86.4 Å². The van der Waals surface area contributed by atoms with Gasteiger partial charge in [-0.15, -0.1) is 5.10 Å². The van der Waals surface area contributed by atoms with E-state index >= 15 is 0 Å². The molecule has 2 unspecified atom stereocenters. The van der Waals surface area contributed by atoms with Crippen LogP contribution in [0, 0.1) is 11.8 Å². The second kappa shape index (κ2) is 35.0. The zero-order chi connectivity index (χ0) is 64.5. The monoisotopic (exact) mass is 1250 g/mol. The lowest BCUT2D eigenvalue weighted by atomic mass is 9.90. The highest BCUT2D eigenvalue weighted by atomic mass is 32.2. The lowest BCUT2D eigenvalue weighted by Gasteiger charge is -2.31. The summed E-state index contributed by atoms with van der Waals surface area (Å²) in [6.45, 7) is 19.5. The molecule has 486 valence electrons. The van der Waals surface area contributed by atoms with Crippen LogP contribution in [0.3, 0.4) is 0 Å². The smallest absolute Gasteiger partial charge is 0.297 e. The van der Waals surface area contributed by atoms with Crippen molar-refractivity contribution in [2.75, 3.05) is 66.4 Å². The van der Waals surface area contributed by atoms with Crippen molar-refractivity contribution in [2.45, 2.75) is 173 Å². The molecular formula is C64H95N9O14S. The number of nitrogens with one attached hydrogen (secondary N) is 5. The first-order valence-corrected chi connectivity index (χ1v) is 31.9. The third-order valence-electron chi connectivity index (χ3n) is 15.3. The average Bonchev–Trinajstić information content (AvgIpc) is 2.89. The Kier molecular flexibility index (Phi) is 28.8. The first-order valence-electron chi connectivity index (χ1n) is 30.5. The summed E-state index contributed by atoms with van der Waals surface area (Å²) in [6, 6.07) is 18.5. The number of ether oxygens (including phenoxy) is 4. The molecule has 0 saturated carbocycles. The number of nitrogens with zero attached hydrogens (tertiary/aromatic N) is 4. The fraction of sp³-hybridized carbons (Fsp3) is 0.594. The molecule has 5 amide bonds. The molecule has 2 heterocycles. The Bertz CT molecular complexity index is 2960. The fourth-order valence-electron chi connectivity index (χ4n) is 9.71. The highest BCUT2D eigenvalue weighted by Crippen LogP contribution is 2.24. The van der Waals surface area contributed by atoms with Crippen molar-refractivity contribution in [3.63, 3.8) is 0 Å². The van der Waals surface area contributed by atoms with Crippen LogP contribution in [0.1, 0.15) is 128 Å². The Morgan fingerprint density at radius 1 is 0.727 bits per heavy atom. The van der Waals surface area contributed by atoms with Crippen LogP contribution < -0.4 is 26.6 Å². The van der Waals surface area contributed by atoms with Gasteiger partial charge in [-0.25, -0.2) is 4.68 Å². The van der Waals surface area contributed by atoms with Gasteiger partial charge in [0.15, 0.2) is 5.78 Å². The zero-order valence-corrected chi connectivity index (χ0v) is 53.8. The van der Waals surface area contributed by atoms with E-state index in [4.69, 9.17) is 23.1 Å². The number of carbonyl (C=O) groups excluding carboxylic acids is 6. The first kappa shape index (κ1) is 72.2. The molecule has 24 heteroatoms. The van der Waals surface area contributed by atoms with Crippen LogP contribution >= 0.6 is 0 Å². The van der Waals surface area contributed by atoms with E-state index in [0.717, 1.165) is 31.4 Å². The van der Waals surface area contributed by atoms with Crippen molar-refractivity contribution < 1.29 is 65.4 Å². The second-order valence-corrected chi connectivity index (χ2v) is 26.1. The summed E-state index contributed by atoms with van der Waals surface area (Å²) in [7, 11) is -3.04. The van der Waals surface area contributed by atoms with Gasteiger partial charge in [0.25, 0.3) is 16.0 Å². The molecule has 5 rings (SSSR count). The third-order valence-corrected chi connectivity index (χ3v) is 16.5. The Morgan fingerprint density at radius 2 is 1.34 bits per heavy atom. The van der Waals surface area contributed by atoms with Gasteiger partial charge >= 0.3 is 0 Å². The number of benzene rings is 3. The molecule has 1 fully saturated rings. The maximum atomic E-state index is 14.6. The number of rotatable bonds is 39. The van der Waals surface area contributed by atoms with Crippen LogP contribution in [0.15, 0.2) is 96.0 Å². The van der Waals surface area contributed by atoms with Gasteiger partial charge in [-0.3, -0.25) is 37.9 Å². The van der Waals surface area contributed by atoms with Gasteiger partial charge < -0.3 is 50.6 Å². The van der Waals surface area contributed by atoms with Crippen molar-refractivity contribution in [3.8, 4) is 0 Å². The van der Waals surface area contributed by atoms with Crippen molar-refractivity contribution in [3.05, 3.63) is 114 Å². The molecule has 0 bridgehead atoms. The lowest BCUT2D eigenvalue weighted by molar-refractivity contribution is -0.143. The minimum Gasteiger partial charge on any atom is -0.385 e. The lowest BCUT2D eigenvalue weighted by Crippen LogP contribution is -2.60. The minimum absolute atomic E-state index is 0.000925. The van der Waals surface area contributed by atoms with Gasteiger partial charge in [0.05, 0.1) is 74.4 Å². The van der Waals surface area contributed by atoms with Crippen LogP contribution in [-0.4, -0.2) is 176 Å². The Labute approximate surface area is 519 Å². The molecule has 1 aliphatic rings. The molecule has 1 saturated heterocycles. The van der Waals surface area contributed by atoms with Crippen molar-refractivity contribution in [1.29, 1.82) is 0 Å². The van der Waals surface area contributed by atoms with Crippen LogP contribution in [-0.2, 0) is 83.2 Å². The number of morpholine rings is 1. The molecule has 3 aromatic carbocycles. The van der Waals surface area contributed by atoms with Gasteiger partial charge in [-0.05, 0) is 114 Å². The van der Waals surface area contributed by atoms with Crippen molar-refractivity contribution in [2.24, 2.45) is 11.8 Å². The number of aryl methyl sites for hydroxylation is 1. The first-order chi connectivity index (χ1) is 41.7. The predicted octanol–water partition coefficient (Wildman–Crippen LogP) is 4.88. The molecule has 1 aromatic heterocycles. The Balaban J connectivity index is 1.21. The van der Waals surface area contributed by atoms with Crippen molar-refractivity contribution in [1.82, 2.24) is 46.5 Å². The molecule has 6 atom stereocenters. The Hall–Kier alpha value is -6.51. The number of amides is 5. The highest BCUT2D eigenvalue weighted by Gasteiger charge is 2.41. The number of methoxy groups -OCH3 is 1. The molecule has 0 aliphatic carbocycles. The van der Waals surface area contributed by atoms with Crippen LogP contribution in [0.25, 0.3) is 0 Å². The molecule has 4 aromatic rings. The molecule has 6 N–H and O–H groups in total. The Morgan fingerprint density at radius 3 is 1.99 bits per heavy atom. The summed E-state index contributed by atoms with van der Waals surface area (Å²) in [4.78, 5) is 86.0. The summed E-state index contributed by atoms with van der Waals surface area (Å²) in [6.07, 6.45) is 4.71. The number of aliphatic hydroxyl groups is 1. The van der Waals surface area contributed by atoms with E-state index in [-0.39, 0.29) is 67.7 Å². The van der Waals surface area contributed by atoms with Gasteiger partial charge in [-0.2, -0.15) is 8.42 Å². The second-order valence-electron chi connectivity index (χ2n) is 24.5. The molecule has 1 aliphatic heterocycles. The zero-order valence-electron chi connectivity index (χ0n) is 53.0. The molecule has 0 spiro atoms. The van der Waals surface area contributed by atoms with E-state index in [1.165, 1.54) is 18.2 Å². The quantitative estimate of drug-likeness (QED) is 0.0325. The summed E-state index contributed by atoms with van der Waals surface area (Å²) >= 11 is 0. The number of hydrogen-bond acceptors (Lipinski definition) is 17. The van der Waals surface area contributed by atoms with Crippen LogP contribution in [0.4, 0.5) is 0 Å². The summed E-state index contributed by atoms with van der Waals surface area (Å²) < 4.78 is 57.3. The van der Waals surface area contributed by atoms with E-state index in [0.29, 0.717) is 76.8 Å². The third kappa shape index (κ3) is 24.8. The highest BCUT2D eigenvalue weighted by molar-refractivity contribution is 7.86. The average molecular weight is 1250 g/mol. The SMILES string of the molecule is CCC(C)(CCOC(C)(C)CCOC)OCCn1cc(CNC(=O)c2cccc(S(=O)(=O)OCC(C)(O)C(=O)[C@H](CC(C)C)NC(=O)[C@H](Cc3ccccc3)NC(=O)[C@H](CC(C)C)NC(=O)[C@H](CCc3ccccc3)NC(=O)CN3CCOCC3)c2)nn1. The van der Waals surface area contributed by atoms with Gasteiger partial charge in [0.1, 0.15) is 36.0 Å². The van der Waals surface area contributed by atoms with Crippen molar-refractivity contribution >= 4 is 45.4 Å². The van der Waals surface area contributed by atoms with E-state index in [1.54, 1.807) is 62.2 Å². The standard InChI is InChI=1S/C64H95N9O14S/c1-11-63(8,28-33-85-62(6,7)27-32-83-10)86-36-31-73-42-50(70-71-73)41-65-58(76)49-23-18-24-51(40-49)88(81,82)87-44-64(9,80)57(75)53(37-45(2)3)67-61(79)55(39-48-21-16-13-17-22-48)69-60(78)54(38-46(4)5)68-59(77)52(26-25-47-19-14-12-15-20-47)66-56(74)43-72-29-34-84-35-30-72/h12-24,40,42,45-46,52-55,80H,11,25-39,41,43-44H2,1-10H3,(H,65,76)(H,66,74)(H,67,79)(H,68,77)(H,69,78)/t52-,53-,54-,55-,63?,64?/m0/s1. The summed E-state index contributed by atoms with van der Waals surface area (Å²) in [5.74, 6) is -4.36. The topological polar surface area (TPSA) is 297 Å². The van der Waals surface area contributed by atoms with Gasteiger partial charge in [0, 0.05) is 38.8 Å². The summed E-state index contributed by atoms with van der Waals surface area (Å²) in [5.41, 5.74) is -1.21. The normalized spacial score (nSPS) is 15.9. The molecule has 23 nitrogen and oxygen atoms in total. The number of carbonyl (C=O) groups is 6. The predicted molar refractivity (Wildman–Crippen MR) is 331 cm³/mol. The van der Waals surface area contributed by atoms with E-state index in [9.17, 15) is 42.3 Å². The van der Waals surface area contributed by atoms with Crippen LogP contribution in [0.5, 0.6) is 0 Å². The minimum atomic E-state index is -4.71.